The Balaban J connectivity index is 1.55. The summed E-state index contributed by atoms with van der Waals surface area (Å²) in [5, 5.41) is 24.0. The number of unbranched alkanes of at least 4 members (excludes halogenated alkanes) is 2. The summed E-state index contributed by atoms with van der Waals surface area (Å²) in [5.41, 5.74) is 4.63. The van der Waals surface area contributed by atoms with E-state index in [1.165, 1.54) is 0 Å². The molecule has 0 spiro atoms. The molecule has 5 rings (SSSR count). The van der Waals surface area contributed by atoms with Crippen LogP contribution in [0.3, 0.4) is 0 Å². The Hall–Kier alpha value is -4.19. The fraction of sp³-hybridized carbons (Fsp3) is 0.324. The number of carboxylic acid groups (broad SMARTS) is 1. The Morgan fingerprint density at radius 2 is 1.80 bits per heavy atom. The van der Waals surface area contributed by atoms with Gasteiger partial charge in [0.15, 0.2) is 12.0 Å². The third kappa shape index (κ3) is 4.61. The maximum atomic E-state index is 13.4. The van der Waals surface area contributed by atoms with Gasteiger partial charge in [0, 0.05) is 53.0 Å². The maximum Gasteiger partial charge on any atom is 0.335 e. The molecule has 206 valence electrons. The Bertz CT molecular complexity index is 1610. The quantitative estimate of drug-likeness (QED) is 0.281. The van der Waals surface area contributed by atoms with Gasteiger partial charge in [0.05, 0.1) is 10.9 Å². The number of rotatable bonds is 9. The van der Waals surface area contributed by atoms with Gasteiger partial charge in [-0.05, 0) is 54.0 Å². The Kier molecular flexibility index (Phi) is 7.37. The minimum Gasteiger partial charge on any atom is -0.871 e. The van der Waals surface area contributed by atoms with E-state index in [-0.39, 0.29) is 28.3 Å². The second kappa shape index (κ2) is 10.8. The van der Waals surface area contributed by atoms with Crippen LogP contribution in [0.15, 0.2) is 83.4 Å². The normalized spacial score (nSPS) is 18.1. The first-order chi connectivity index (χ1) is 19.2. The molecule has 1 aliphatic heterocycles. The van der Waals surface area contributed by atoms with Crippen LogP contribution in [0.2, 0.25) is 0 Å². The first-order valence-electron chi connectivity index (χ1n) is 14.2. The third-order valence-corrected chi connectivity index (χ3v) is 8.14. The highest BCUT2D eigenvalue weighted by Gasteiger charge is 2.41. The number of allylic oxidation sites excluding steroid dienone is 4. The van der Waals surface area contributed by atoms with Crippen LogP contribution < -0.4 is 14.6 Å². The van der Waals surface area contributed by atoms with E-state index in [9.17, 15) is 19.8 Å². The SMILES string of the molecule is CCCCN1/C(=C\C2=C([O-])C(=C/c3cc[n+](CCCC)c4ccccc34)/C2=O)C(C)(C)c2cc(C(=O)O)ccc21. The zero-order valence-corrected chi connectivity index (χ0v) is 23.7. The topological polar surface area (TPSA) is 84.5 Å². The van der Waals surface area contributed by atoms with Gasteiger partial charge in [-0.25, -0.2) is 4.79 Å². The maximum absolute atomic E-state index is 13.4. The summed E-state index contributed by atoms with van der Waals surface area (Å²) < 4.78 is 2.22. The number of hydrogen-bond acceptors (Lipinski definition) is 4. The fourth-order valence-corrected chi connectivity index (χ4v) is 5.77. The van der Waals surface area contributed by atoms with Gasteiger partial charge in [0.1, 0.15) is 6.54 Å². The van der Waals surface area contributed by atoms with E-state index in [0.29, 0.717) is 0 Å². The number of nitrogens with zero attached hydrogens (tertiary/aromatic N) is 2. The number of carboxylic acids is 1. The van der Waals surface area contributed by atoms with Gasteiger partial charge in [-0.2, -0.15) is 4.57 Å². The lowest BCUT2D eigenvalue weighted by molar-refractivity contribution is -0.671. The van der Waals surface area contributed by atoms with E-state index in [1.54, 1.807) is 24.3 Å². The number of fused-ring (bicyclic) bond motifs is 2. The molecule has 1 aliphatic carbocycles. The molecule has 0 bridgehead atoms. The second-order valence-electron chi connectivity index (χ2n) is 11.2. The molecule has 0 radical (unpaired) electrons. The molecule has 0 atom stereocenters. The van der Waals surface area contributed by atoms with Gasteiger partial charge in [-0.3, -0.25) is 4.79 Å². The lowest BCUT2D eigenvalue weighted by Gasteiger charge is -2.32. The third-order valence-electron chi connectivity index (χ3n) is 8.14. The van der Waals surface area contributed by atoms with Crippen LogP contribution in [-0.4, -0.2) is 23.4 Å². The minimum absolute atomic E-state index is 0.181. The van der Waals surface area contributed by atoms with Crippen LogP contribution in [-0.2, 0) is 16.8 Å². The molecule has 40 heavy (non-hydrogen) atoms. The molecule has 1 N–H and O–H groups in total. The number of aromatic carboxylic acids is 1. The number of hydrogen-bond donors (Lipinski definition) is 1. The van der Waals surface area contributed by atoms with E-state index in [4.69, 9.17) is 0 Å². The lowest BCUT2D eigenvalue weighted by atomic mass is 9.80. The van der Waals surface area contributed by atoms with Crippen molar-refractivity contribution >= 4 is 34.4 Å². The first-order valence-corrected chi connectivity index (χ1v) is 14.2. The zero-order chi connectivity index (χ0) is 28.6. The summed E-state index contributed by atoms with van der Waals surface area (Å²) in [4.78, 5) is 27.2. The summed E-state index contributed by atoms with van der Waals surface area (Å²) in [6, 6.07) is 15.2. The number of carbonyl (C=O) groups excluding carboxylic acids is 1. The molecule has 0 fully saturated rings. The van der Waals surface area contributed by atoms with Crippen LogP contribution in [0, 0.1) is 0 Å². The number of aryl methyl sites for hydroxylation is 1. The number of ketones is 1. The number of anilines is 1. The largest absolute Gasteiger partial charge is 0.871 e. The van der Waals surface area contributed by atoms with Crippen LogP contribution in [0.4, 0.5) is 5.69 Å². The fourth-order valence-electron chi connectivity index (χ4n) is 5.77. The molecule has 3 aromatic rings. The molecule has 0 saturated carbocycles. The Morgan fingerprint density at radius 3 is 2.50 bits per heavy atom. The molecular formula is C34H36N2O4. The van der Waals surface area contributed by atoms with Crippen molar-refractivity contribution in [3.8, 4) is 0 Å². The summed E-state index contributed by atoms with van der Waals surface area (Å²) in [6.45, 7) is 9.95. The van der Waals surface area contributed by atoms with E-state index in [2.05, 4.69) is 29.4 Å². The van der Waals surface area contributed by atoms with Crippen LogP contribution in [0.5, 0.6) is 0 Å². The first kappa shape index (κ1) is 27.4. The predicted molar refractivity (Wildman–Crippen MR) is 156 cm³/mol. The van der Waals surface area contributed by atoms with E-state index >= 15 is 0 Å². The average molecular weight is 537 g/mol. The highest BCUT2D eigenvalue weighted by atomic mass is 16.4. The van der Waals surface area contributed by atoms with E-state index in [0.717, 1.165) is 72.2 Å². The van der Waals surface area contributed by atoms with Gasteiger partial charge in [-0.1, -0.05) is 58.4 Å². The molecule has 0 amide bonds. The van der Waals surface area contributed by atoms with Crippen molar-refractivity contribution in [2.45, 2.75) is 65.3 Å². The summed E-state index contributed by atoms with van der Waals surface area (Å²) in [5.74, 6) is -1.48. The highest BCUT2D eigenvalue weighted by Crippen LogP contribution is 2.49. The Morgan fingerprint density at radius 1 is 1.05 bits per heavy atom. The van der Waals surface area contributed by atoms with Gasteiger partial charge in [0.2, 0.25) is 5.52 Å². The van der Waals surface area contributed by atoms with Crippen LogP contribution in [0.25, 0.3) is 17.0 Å². The Labute approximate surface area is 235 Å². The standard InChI is InChI=1S/C34H36N2O4/c1-5-7-16-35-18-15-22(24-11-9-10-12-28(24)35)19-25-31(37)26(32(25)38)21-30-34(3,4)27-20-23(33(39)40)13-14-29(27)36(30)17-8-6-2/h9-15,18-21H,5-8,16-17H2,1-4H3,(H-,37,38,39,40). The number of benzene rings is 2. The predicted octanol–water partition coefficient (Wildman–Crippen LogP) is 5.69. The molecule has 2 aliphatic rings. The smallest absolute Gasteiger partial charge is 0.335 e. The van der Waals surface area contributed by atoms with Gasteiger partial charge >= 0.3 is 5.97 Å². The molecule has 6 nitrogen and oxygen atoms in total. The monoisotopic (exact) mass is 536 g/mol. The van der Waals surface area contributed by atoms with Crippen LogP contribution >= 0.6 is 0 Å². The molecular weight excluding hydrogens is 500 g/mol. The number of Topliss-reactive ketones (excluding diaryl/α,β-unsaturated/α-hetero) is 1. The zero-order valence-electron chi connectivity index (χ0n) is 23.7. The average Bonchev–Trinajstić information content (AvgIpc) is 3.17. The number of para-hydroxylation sites is 1. The van der Waals surface area contributed by atoms with Gasteiger partial charge in [0.25, 0.3) is 0 Å². The molecule has 0 unspecified atom stereocenters. The molecule has 0 saturated heterocycles. The summed E-state index contributed by atoms with van der Waals surface area (Å²) >= 11 is 0. The number of pyridine rings is 1. The minimum atomic E-state index is -0.978. The highest BCUT2D eigenvalue weighted by molar-refractivity contribution is 6.23. The van der Waals surface area contributed by atoms with Crippen molar-refractivity contribution in [2.24, 2.45) is 0 Å². The number of carbonyl (C=O) groups is 2. The van der Waals surface area contributed by atoms with Crippen molar-refractivity contribution in [3.05, 3.63) is 100 Å². The van der Waals surface area contributed by atoms with Crippen molar-refractivity contribution in [1.82, 2.24) is 0 Å². The van der Waals surface area contributed by atoms with Crippen molar-refractivity contribution < 1.29 is 24.4 Å². The van der Waals surface area contributed by atoms with Gasteiger partial charge in [-0.15, -0.1) is 0 Å². The summed E-state index contributed by atoms with van der Waals surface area (Å²) in [6.07, 6.45) is 9.57. The molecule has 2 heterocycles. The van der Waals surface area contributed by atoms with Crippen molar-refractivity contribution in [3.63, 3.8) is 0 Å². The second-order valence-corrected chi connectivity index (χ2v) is 11.2. The molecule has 2 aromatic carbocycles. The van der Waals surface area contributed by atoms with E-state index < -0.39 is 11.4 Å². The summed E-state index contributed by atoms with van der Waals surface area (Å²) in [7, 11) is 0. The van der Waals surface area contributed by atoms with Gasteiger partial charge < -0.3 is 15.1 Å². The van der Waals surface area contributed by atoms with Crippen LogP contribution in [0.1, 0.15) is 74.9 Å². The molecule has 1 aromatic heterocycles. The van der Waals surface area contributed by atoms with E-state index in [1.807, 2.05) is 50.4 Å². The lowest BCUT2D eigenvalue weighted by Crippen LogP contribution is -2.34. The van der Waals surface area contributed by atoms with Crippen molar-refractivity contribution in [2.75, 3.05) is 11.4 Å². The molecule has 6 heteroatoms. The number of aromatic nitrogens is 1. The van der Waals surface area contributed by atoms with Crippen molar-refractivity contribution in [1.29, 1.82) is 0 Å².